The summed E-state index contributed by atoms with van der Waals surface area (Å²) in [6, 6.07) is 6.47. The maximum Gasteiger partial charge on any atom is 0.416 e. The van der Waals surface area contributed by atoms with Crippen LogP contribution in [0.5, 0.6) is 0 Å². The zero-order valence-corrected chi connectivity index (χ0v) is 13.2. The topological polar surface area (TPSA) is 55.1 Å². The second-order valence-corrected chi connectivity index (χ2v) is 5.59. The highest BCUT2D eigenvalue weighted by Crippen LogP contribution is 2.33. The fourth-order valence-corrected chi connectivity index (χ4v) is 2.35. The van der Waals surface area contributed by atoms with Gasteiger partial charge in [-0.05, 0) is 29.3 Å². The van der Waals surface area contributed by atoms with Gasteiger partial charge in [-0.1, -0.05) is 30.3 Å². The van der Waals surface area contributed by atoms with E-state index in [0.29, 0.717) is 0 Å². The van der Waals surface area contributed by atoms with E-state index in [1.165, 1.54) is 18.2 Å². The summed E-state index contributed by atoms with van der Waals surface area (Å²) < 4.78 is 77.8. The molecule has 3 nitrogen and oxygen atoms in total. The Morgan fingerprint density at radius 3 is 2.23 bits per heavy atom. The van der Waals surface area contributed by atoms with E-state index in [9.17, 15) is 31.1 Å². The molecule has 2 aromatic carbocycles. The molecule has 0 aliphatic carbocycles. The van der Waals surface area contributed by atoms with Gasteiger partial charge in [-0.2, -0.15) is 26.3 Å². The molecular formula is C17H14F6N2O. The quantitative estimate of drug-likeness (QED) is 0.619. The van der Waals surface area contributed by atoms with Crippen LogP contribution in [0.3, 0.4) is 0 Å². The Balaban J connectivity index is 2.18. The molecule has 1 unspecified atom stereocenters. The molecule has 3 N–H and O–H groups in total. The fraction of sp³-hybridized carbons (Fsp3) is 0.235. The van der Waals surface area contributed by atoms with E-state index in [-0.39, 0.29) is 16.8 Å². The fourth-order valence-electron chi connectivity index (χ4n) is 2.35. The third kappa shape index (κ3) is 5.14. The van der Waals surface area contributed by atoms with Gasteiger partial charge < -0.3 is 11.1 Å². The molecule has 0 bridgehead atoms. The van der Waals surface area contributed by atoms with Crippen LogP contribution in [0.25, 0.3) is 0 Å². The first kappa shape index (κ1) is 19.6. The number of nitrogens with one attached hydrogen (secondary N) is 1. The number of nitrogen functional groups attached to an aromatic ring is 1. The number of hydrogen-bond acceptors (Lipinski definition) is 2. The molecule has 0 saturated heterocycles. The Bertz CT molecular complexity index is 785. The molecule has 0 fully saturated rings. The summed E-state index contributed by atoms with van der Waals surface area (Å²) in [5.74, 6) is -1.06. The molecule has 9 heteroatoms. The molecule has 1 atom stereocenters. The first-order valence-corrected chi connectivity index (χ1v) is 7.34. The molecule has 0 aliphatic rings. The van der Waals surface area contributed by atoms with Crippen LogP contribution >= 0.6 is 0 Å². The van der Waals surface area contributed by atoms with E-state index in [4.69, 9.17) is 5.73 Å². The van der Waals surface area contributed by atoms with Gasteiger partial charge in [0.2, 0.25) is 5.91 Å². The second-order valence-electron chi connectivity index (χ2n) is 5.59. The smallest absolute Gasteiger partial charge is 0.399 e. The molecule has 26 heavy (non-hydrogen) atoms. The molecule has 1 amide bonds. The van der Waals surface area contributed by atoms with Gasteiger partial charge >= 0.3 is 12.4 Å². The summed E-state index contributed by atoms with van der Waals surface area (Å²) in [5, 5.41) is 1.81. The van der Waals surface area contributed by atoms with Crippen molar-refractivity contribution in [2.45, 2.75) is 24.8 Å². The summed E-state index contributed by atoms with van der Waals surface area (Å²) in [7, 11) is 0. The van der Waals surface area contributed by atoms with Gasteiger partial charge in [0.1, 0.15) is 0 Å². The van der Waals surface area contributed by atoms with Gasteiger partial charge in [-0.15, -0.1) is 0 Å². The van der Waals surface area contributed by atoms with Gasteiger partial charge in [0.05, 0.1) is 12.0 Å². The van der Waals surface area contributed by atoms with Gasteiger partial charge in [-0.3, -0.25) is 4.79 Å². The molecule has 140 valence electrons. The van der Waals surface area contributed by atoms with E-state index in [1.54, 1.807) is 5.32 Å². The van der Waals surface area contributed by atoms with Crippen molar-refractivity contribution in [3.8, 4) is 0 Å². The minimum absolute atomic E-state index is 0.0502. The predicted octanol–water partition coefficient (Wildman–Crippen LogP) is 4.25. The highest BCUT2D eigenvalue weighted by molar-refractivity contribution is 5.79. The van der Waals surface area contributed by atoms with Crippen LogP contribution in [0.1, 0.15) is 22.7 Å². The third-order valence-corrected chi connectivity index (χ3v) is 3.50. The van der Waals surface area contributed by atoms with Crippen molar-refractivity contribution in [2.24, 2.45) is 0 Å². The maximum absolute atomic E-state index is 13.3. The Morgan fingerprint density at radius 1 is 1.00 bits per heavy atom. The van der Waals surface area contributed by atoms with Crippen LogP contribution in [0, 0.1) is 0 Å². The van der Waals surface area contributed by atoms with Crippen LogP contribution in [-0.2, 0) is 17.4 Å². The number of carbonyl (C=O) groups is 1. The lowest BCUT2D eigenvalue weighted by molar-refractivity contribution is -0.163. The lowest BCUT2D eigenvalue weighted by Crippen LogP contribution is -2.38. The number of halogens is 6. The van der Waals surface area contributed by atoms with Gasteiger partial charge in [-0.25, -0.2) is 0 Å². The monoisotopic (exact) mass is 376 g/mol. The van der Waals surface area contributed by atoms with Crippen molar-refractivity contribution in [1.29, 1.82) is 0 Å². The first-order chi connectivity index (χ1) is 12.0. The average Bonchev–Trinajstić information content (AvgIpc) is 2.51. The van der Waals surface area contributed by atoms with Crippen LogP contribution in [0.4, 0.5) is 32.0 Å². The van der Waals surface area contributed by atoms with Crippen molar-refractivity contribution < 1.29 is 31.1 Å². The highest BCUT2D eigenvalue weighted by atomic mass is 19.4. The van der Waals surface area contributed by atoms with Crippen molar-refractivity contribution >= 4 is 11.6 Å². The summed E-state index contributed by atoms with van der Waals surface area (Å²) in [5.41, 5.74) is 4.25. The molecule has 0 saturated carbocycles. The molecule has 0 aromatic heterocycles. The first-order valence-electron chi connectivity index (χ1n) is 7.34. The van der Waals surface area contributed by atoms with E-state index in [2.05, 4.69) is 0 Å². The lowest BCUT2D eigenvalue weighted by atomic mass is 10.0. The molecule has 0 spiro atoms. The number of anilines is 1. The van der Waals surface area contributed by atoms with E-state index < -0.39 is 36.3 Å². The summed E-state index contributed by atoms with van der Waals surface area (Å²) in [6.07, 6.45) is -10.0. The number of alkyl halides is 6. The number of nitrogens with two attached hydrogens (primary N) is 1. The Labute approximate surface area is 144 Å². The minimum atomic E-state index is -4.79. The summed E-state index contributed by atoms with van der Waals surface area (Å²) in [6.45, 7) is 0. The largest absolute Gasteiger partial charge is 0.416 e. The molecule has 0 aliphatic heterocycles. The van der Waals surface area contributed by atoms with Crippen LogP contribution < -0.4 is 11.1 Å². The van der Waals surface area contributed by atoms with Crippen molar-refractivity contribution in [3.05, 3.63) is 65.2 Å². The Kier molecular flexibility index (Phi) is 5.48. The second kappa shape index (κ2) is 7.27. The molecule has 2 rings (SSSR count). The predicted molar refractivity (Wildman–Crippen MR) is 82.9 cm³/mol. The molecule has 0 radical (unpaired) electrons. The number of carbonyl (C=O) groups excluding carboxylic acids is 1. The third-order valence-electron chi connectivity index (χ3n) is 3.50. The molecule has 2 aromatic rings. The average molecular weight is 376 g/mol. The summed E-state index contributed by atoms with van der Waals surface area (Å²) in [4.78, 5) is 12.0. The van der Waals surface area contributed by atoms with Gasteiger partial charge in [0.15, 0.2) is 6.04 Å². The minimum Gasteiger partial charge on any atom is -0.399 e. The molecule has 0 heterocycles. The zero-order valence-electron chi connectivity index (χ0n) is 13.2. The summed E-state index contributed by atoms with van der Waals surface area (Å²) >= 11 is 0. The van der Waals surface area contributed by atoms with Gasteiger partial charge in [0, 0.05) is 5.69 Å². The standard InChI is InChI=1S/C17H14F6N2O/c18-16(19,20)12-5-1-3-10(7-12)8-14(26)25-15(17(21,22)23)11-4-2-6-13(24)9-11/h1-7,9,15H,8,24H2,(H,25,26). The number of rotatable bonds is 4. The van der Waals surface area contributed by atoms with Crippen molar-refractivity contribution in [2.75, 3.05) is 5.73 Å². The van der Waals surface area contributed by atoms with Crippen LogP contribution in [-0.4, -0.2) is 12.1 Å². The SMILES string of the molecule is Nc1cccc(C(NC(=O)Cc2cccc(C(F)(F)F)c2)C(F)(F)F)c1. The number of hydrogen-bond donors (Lipinski definition) is 2. The maximum atomic E-state index is 13.3. The Morgan fingerprint density at radius 2 is 1.65 bits per heavy atom. The Hall–Kier alpha value is -2.71. The van der Waals surface area contributed by atoms with Crippen molar-refractivity contribution in [1.82, 2.24) is 5.32 Å². The van der Waals surface area contributed by atoms with Crippen LogP contribution in [0.2, 0.25) is 0 Å². The lowest BCUT2D eigenvalue weighted by Gasteiger charge is -2.22. The van der Waals surface area contributed by atoms with Crippen molar-refractivity contribution in [3.63, 3.8) is 0 Å². The highest BCUT2D eigenvalue weighted by Gasteiger charge is 2.42. The number of benzene rings is 2. The number of amides is 1. The molecular weight excluding hydrogens is 362 g/mol. The normalized spacial score (nSPS) is 13.3. The van der Waals surface area contributed by atoms with E-state index in [1.807, 2.05) is 0 Å². The van der Waals surface area contributed by atoms with Gasteiger partial charge in [0.25, 0.3) is 0 Å². The zero-order chi connectivity index (χ0) is 19.5. The van der Waals surface area contributed by atoms with E-state index >= 15 is 0 Å². The van der Waals surface area contributed by atoms with E-state index in [0.717, 1.165) is 30.3 Å². The van der Waals surface area contributed by atoms with Crippen LogP contribution in [0.15, 0.2) is 48.5 Å².